The van der Waals surface area contributed by atoms with Crippen molar-refractivity contribution in [1.82, 2.24) is 14.8 Å². The van der Waals surface area contributed by atoms with Crippen molar-refractivity contribution in [3.63, 3.8) is 0 Å². The van der Waals surface area contributed by atoms with E-state index >= 15 is 0 Å². The summed E-state index contributed by atoms with van der Waals surface area (Å²) < 4.78 is 0. The quantitative estimate of drug-likeness (QED) is 0.901. The summed E-state index contributed by atoms with van der Waals surface area (Å²) in [6, 6.07) is 3.99. The van der Waals surface area contributed by atoms with E-state index in [0.29, 0.717) is 30.7 Å². The van der Waals surface area contributed by atoms with Crippen LogP contribution in [0.3, 0.4) is 0 Å². The Balaban J connectivity index is 1.70. The predicted molar refractivity (Wildman–Crippen MR) is 76.3 cm³/mol. The molecule has 2 aliphatic rings. The molecule has 1 aliphatic carbocycles. The summed E-state index contributed by atoms with van der Waals surface area (Å²) in [6.07, 6.45) is 3.91. The molecular formula is C15H19N3O3. The van der Waals surface area contributed by atoms with E-state index < -0.39 is 5.97 Å². The zero-order valence-electron chi connectivity index (χ0n) is 12.0. The molecule has 6 nitrogen and oxygen atoms in total. The number of carboxylic acid groups (broad SMARTS) is 1. The van der Waals surface area contributed by atoms with Crippen molar-refractivity contribution in [2.45, 2.75) is 31.8 Å². The van der Waals surface area contributed by atoms with Crippen molar-refractivity contribution >= 4 is 11.9 Å². The molecule has 21 heavy (non-hydrogen) atoms. The minimum absolute atomic E-state index is 0.0921. The second-order valence-corrected chi connectivity index (χ2v) is 5.80. The zero-order chi connectivity index (χ0) is 15.0. The minimum atomic E-state index is -1.11. The molecule has 2 heterocycles. The number of hydrogen-bond donors (Lipinski definition) is 1. The van der Waals surface area contributed by atoms with Gasteiger partial charge < -0.3 is 10.0 Å². The SMILES string of the molecule is CC1CN(C(=O)c2ccnc(C(=O)O)c2)CCN1C1CC1. The molecule has 1 aromatic heterocycles. The molecule has 1 unspecified atom stereocenters. The van der Waals surface area contributed by atoms with E-state index in [1.54, 1.807) is 6.07 Å². The first-order valence-electron chi connectivity index (χ1n) is 7.30. The topological polar surface area (TPSA) is 73.7 Å². The number of piperazine rings is 1. The minimum Gasteiger partial charge on any atom is -0.477 e. The fourth-order valence-electron chi connectivity index (χ4n) is 2.97. The van der Waals surface area contributed by atoms with Gasteiger partial charge in [0.2, 0.25) is 0 Å². The van der Waals surface area contributed by atoms with Crippen LogP contribution in [0, 0.1) is 0 Å². The summed E-state index contributed by atoms with van der Waals surface area (Å²) in [5.41, 5.74) is 0.306. The van der Waals surface area contributed by atoms with E-state index in [0.717, 1.165) is 6.54 Å². The highest BCUT2D eigenvalue weighted by Gasteiger charge is 2.36. The number of carbonyl (C=O) groups excluding carboxylic acids is 1. The number of aromatic carboxylic acids is 1. The molecule has 1 saturated carbocycles. The standard InChI is InChI=1S/C15H19N3O3/c1-10-9-17(6-7-18(10)12-2-3-12)14(19)11-4-5-16-13(8-11)15(20)21/h4-5,8,10,12H,2-3,6-7,9H2,1H3,(H,20,21). The summed E-state index contributed by atoms with van der Waals surface area (Å²) in [5, 5.41) is 8.95. The third-order valence-corrected chi connectivity index (χ3v) is 4.21. The average Bonchev–Trinajstić information content (AvgIpc) is 3.31. The second-order valence-electron chi connectivity index (χ2n) is 5.80. The van der Waals surface area contributed by atoms with Gasteiger partial charge in [-0.25, -0.2) is 9.78 Å². The molecule has 112 valence electrons. The van der Waals surface area contributed by atoms with Gasteiger partial charge in [-0.15, -0.1) is 0 Å². The highest BCUT2D eigenvalue weighted by Crippen LogP contribution is 2.30. The van der Waals surface area contributed by atoms with Gasteiger partial charge in [0.05, 0.1) is 0 Å². The summed E-state index contributed by atoms with van der Waals surface area (Å²) in [6.45, 7) is 4.44. The van der Waals surface area contributed by atoms with Gasteiger partial charge in [0, 0.05) is 43.5 Å². The number of nitrogens with zero attached hydrogens (tertiary/aromatic N) is 3. The molecule has 1 aromatic rings. The van der Waals surface area contributed by atoms with Gasteiger partial charge in [0.25, 0.3) is 5.91 Å². The number of aromatic nitrogens is 1. The number of pyridine rings is 1. The number of rotatable bonds is 3. The normalized spacial score (nSPS) is 23.1. The molecule has 1 aliphatic heterocycles. The number of amides is 1. The Kier molecular flexibility index (Phi) is 3.63. The first-order chi connectivity index (χ1) is 10.1. The van der Waals surface area contributed by atoms with Gasteiger partial charge in [-0.05, 0) is 31.9 Å². The maximum absolute atomic E-state index is 12.5. The first kappa shape index (κ1) is 14.0. The van der Waals surface area contributed by atoms with E-state index in [4.69, 9.17) is 5.11 Å². The molecule has 1 amide bonds. The summed E-state index contributed by atoms with van der Waals surface area (Å²) in [4.78, 5) is 31.5. The van der Waals surface area contributed by atoms with Crippen LogP contribution in [-0.2, 0) is 0 Å². The van der Waals surface area contributed by atoms with Crippen LogP contribution in [0.15, 0.2) is 18.3 Å². The lowest BCUT2D eigenvalue weighted by Gasteiger charge is -2.40. The van der Waals surface area contributed by atoms with Crippen LogP contribution < -0.4 is 0 Å². The highest BCUT2D eigenvalue weighted by atomic mass is 16.4. The van der Waals surface area contributed by atoms with E-state index in [1.807, 2.05) is 4.90 Å². The van der Waals surface area contributed by atoms with Gasteiger partial charge in [-0.2, -0.15) is 0 Å². The Morgan fingerprint density at radius 2 is 2.10 bits per heavy atom. The van der Waals surface area contributed by atoms with E-state index in [9.17, 15) is 9.59 Å². The van der Waals surface area contributed by atoms with Crippen molar-refractivity contribution in [3.05, 3.63) is 29.6 Å². The maximum Gasteiger partial charge on any atom is 0.354 e. The van der Waals surface area contributed by atoms with Crippen LogP contribution in [0.4, 0.5) is 0 Å². The molecule has 0 aromatic carbocycles. The third-order valence-electron chi connectivity index (χ3n) is 4.21. The van der Waals surface area contributed by atoms with Crippen molar-refractivity contribution in [2.24, 2.45) is 0 Å². The van der Waals surface area contributed by atoms with Crippen LogP contribution >= 0.6 is 0 Å². The number of carbonyl (C=O) groups is 2. The van der Waals surface area contributed by atoms with Crippen molar-refractivity contribution in [3.8, 4) is 0 Å². The van der Waals surface area contributed by atoms with E-state index in [1.165, 1.54) is 25.1 Å². The summed E-state index contributed by atoms with van der Waals surface area (Å²) in [7, 11) is 0. The predicted octanol–water partition coefficient (Wildman–Crippen LogP) is 1.09. The Hall–Kier alpha value is -1.95. The van der Waals surface area contributed by atoms with Crippen LogP contribution in [0.1, 0.15) is 40.6 Å². The molecule has 6 heteroatoms. The Morgan fingerprint density at radius 3 is 2.71 bits per heavy atom. The van der Waals surface area contributed by atoms with Gasteiger partial charge in [-0.1, -0.05) is 0 Å². The second kappa shape index (κ2) is 5.44. The fraction of sp³-hybridized carbons (Fsp3) is 0.533. The van der Waals surface area contributed by atoms with E-state index in [2.05, 4.69) is 16.8 Å². The van der Waals surface area contributed by atoms with Gasteiger partial charge in [0.1, 0.15) is 5.69 Å². The molecule has 1 N–H and O–H groups in total. The molecule has 1 saturated heterocycles. The van der Waals surface area contributed by atoms with Gasteiger partial charge >= 0.3 is 5.97 Å². The van der Waals surface area contributed by atoms with E-state index in [-0.39, 0.29) is 11.6 Å². The number of hydrogen-bond acceptors (Lipinski definition) is 4. The molecule has 2 fully saturated rings. The maximum atomic E-state index is 12.5. The Morgan fingerprint density at radius 1 is 1.33 bits per heavy atom. The van der Waals surface area contributed by atoms with Crippen LogP contribution in [0.25, 0.3) is 0 Å². The average molecular weight is 289 g/mol. The van der Waals surface area contributed by atoms with Gasteiger partial charge in [0.15, 0.2) is 0 Å². The summed E-state index contributed by atoms with van der Waals surface area (Å²) >= 11 is 0. The molecule has 0 spiro atoms. The Labute approximate surface area is 123 Å². The van der Waals surface area contributed by atoms with Crippen LogP contribution in [0.5, 0.6) is 0 Å². The zero-order valence-corrected chi connectivity index (χ0v) is 12.0. The smallest absolute Gasteiger partial charge is 0.354 e. The molecule has 0 bridgehead atoms. The lowest BCUT2D eigenvalue weighted by atomic mass is 10.1. The summed E-state index contributed by atoms with van der Waals surface area (Å²) in [5.74, 6) is -1.22. The molecule has 1 atom stereocenters. The fourth-order valence-corrected chi connectivity index (χ4v) is 2.97. The van der Waals surface area contributed by atoms with Gasteiger partial charge in [-0.3, -0.25) is 9.69 Å². The van der Waals surface area contributed by atoms with Crippen molar-refractivity contribution in [1.29, 1.82) is 0 Å². The lowest BCUT2D eigenvalue weighted by Crippen LogP contribution is -2.54. The lowest BCUT2D eigenvalue weighted by molar-refractivity contribution is 0.0493. The molecular weight excluding hydrogens is 270 g/mol. The van der Waals surface area contributed by atoms with Crippen LogP contribution in [-0.4, -0.2) is 63.5 Å². The molecule has 3 rings (SSSR count). The number of carboxylic acids is 1. The first-order valence-corrected chi connectivity index (χ1v) is 7.30. The molecule has 0 radical (unpaired) electrons. The third kappa shape index (κ3) is 2.90. The van der Waals surface area contributed by atoms with Crippen molar-refractivity contribution in [2.75, 3.05) is 19.6 Å². The largest absolute Gasteiger partial charge is 0.477 e. The highest BCUT2D eigenvalue weighted by molar-refractivity contribution is 5.96. The van der Waals surface area contributed by atoms with Crippen LogP contribution in [0.2, 0.25) is 0 Å². The monoisotopic (exact) mass is 289 g/mol. The van der Waals surface area contributed by atoms with Crippen molar-refractivity contribution < 1.29 is 14.7 Å². The Bertz CT molecular complexity index is 571.